The van der Waals surface area contributed by atoms with Crippen molar-refractivity contribution in [3.63, 3.8) is 0 Å². The second kappa shape index (κ2) is 31.5. The molecule has 0 bridgehead atoms. The summed E-state index contributed by atoms with van der Waals surface area (Å²) >= 11 is 0. The van der Waals surface area contributed by atoms with Gasteiger partial charge in [-0.2, -0.15) is 0 Å². The predicted molar refractivity (Wildman–Crippen MR) is 323 cm³/mol. The number of carboxylic acid groups (broad SMARTS) is 2. The molecule has 4 aromatic carbocycles. The van der Waals surface area contributed by atoms with Crippen molar-refractivity contribution in [1.29, 1.82) is 0 Å². The zero-order chi connectivity index (χ0) is 61.9. The highest BCUT2D eigenvalue weighted by molar-refractivity contribution is 8.77. The minimum Gasteiger partial charge on any atom is -0.480 e. The van der Waals surface area contributed by atoms with E-state index < -0.39 is 77.7 Å². The van der Waals surface area contributed by atoms with E-state index in [1.807, 2.05) is 36.4 Å². The largest absolute Gasteiger partial charge is 0.480 e. The Morgan fingerprint density at radius 1 is 0.593 bits per heavy atom. The lowest BCUT2D eigenvalue weighted by Gasteiger charge is -2.29. The molecule has 28 heteroatoms. The number of hydrogen-bond acceptors (Lipinski definition) is 18. The van der Waals surface area contributed by atoms with Gasteiger partial charge in [-0.05, 0) is 61.1 Å². The van der Waals surface area contributed by atoms with Crippen LogP contribution in [0.25, 0.3) is 0 Å². The summed E-state index contributed by atoms with van der Waals surface area (Å²) in [5.74, 6) is -4.67. The molecule has 4 aromatic rings. The molecule has 86 heavy (non-hydrogen) atoms. The Morgan fingerprint density at radius 2 is 1.05 bits per heavy atom. The smallest absolute Gasteiger partial charge is 0.411 e. The third-order valence-electron chi connectivity index (χ3n) is 13.2. The highest BCUT2D eigenvalue weighted by Gasteiger charge is 2.47. The van der Waals surface area contributed by atoms with Crippen LogP contribution >= 0.6 is 43.2 Å². The number of imide groups is 2. The molecule has 24 nitrogen and oxygen atoms in total. The van der Waals surface area contributed by atoms with Gasteiger partial charge in [0.2, 0.25) is 23.6 Å². The average Bonchev–Trinajstić information content (AvgIpc) is 1.87. The topological polar surface area (TPSA) is 334 Å². The maximum Gasteiger partial charge on any atom is 0.411 e. The molecular weight excluding hydrogens is 1190 g/mol. The van der Waals surface area contributed by atoms with Gasteiger partial charge in [0, 0.05) is 60.2 Å². The van der Waals surface area contributed by atoms with Gasteiger partial charge in [-0.1, -0.05) is 129 Å². The molecule has 4 heterocycles. The molecule has 7 N–H and O–H groups in total. The van der Waals surface area contributed by atoms with Gasteiger partial charge in [0.15, 0.2) is 0 Å². The maximum atomic E-state index is 13.2. The van der Waals surface area contributed by atoms with Crippen molar-refractivity contribution in [3.05, 3.63) is 155 Å². The zero-order valence-corrected chi connectivity index (χ0v) is 49.3. The summed E-state index contributed by atoms with van der Waals surface area (Å²) in [6, 6.07) is 24.2. The molecule has 2 fully saturated rings. The normalized spacial score (nSPS) is 16.4. The van der Waals surface area contributed by atoms with Gasteiger partial charge in [-0.15, -0.1) is 0 Å². The highest BCUT2D eigenvalue weighted by Crippen LogP contribution is 2.35. The van der Waals surface area contributed by atoms with Crippen molar-refractivity contribution < 1.29 is 77.2 Å². The summed E-state index contributed by atoms with van der Waals surface area (Å²) in [6.07, 6.45) is 0.225. The average molecular weight is 1250 g/mol. The first-order chi connectivity index (χ1) is 41.3. The van der Waals surface area contributed by atoms with Crippen LogP contribution in [0.2, 0.25) is 0 Å². The zero-order valence-electron chi connectivity index (χ0n) is 46.1. The first kappa shape index (κ1) is 65.0. The van der Waals surface area contributed by atoms with Crippen LogP contribution < -0.4 is 26.6 Å². The Morgan fingerprint density at radius 3 is 1.50 bits per heavy atom. The molecule has 3 unspecified atom stereocenters. The minimum absolute atomic E-state index is 0.000420. The summed E-state index contributed by atoms with van der Waals surface area (Å²) in [5.41, 5.74) is 3.07. The predicted octanol–water partition coefficient (Wildman–Crippen LogP) is 6.72. The Kier molecular flexibility index (Phi) is 23.8. The molecule has 10 amide bonds. The molecule has 8 rings (SSSR count). The van der Waals surface area contributed by atoms with E-state index in [1.165, 1.54) is 84.5 Å². The van der Waals surface area contributed by atoms with Crippen molar-refractivity contribution in [2.24, 2.45) is 0 Å². The number of fused-ring (bicyclic) bond motifs is 2. The summed E-state index contributed by atoms with van der Waals surface area (Å²) in [6.45, 7) is 7.32. The number of anilines is 2. The fourth-order valence-electron chi connectivity index (χ4n) is 9.20. The Labute approximate surface area is 509 Å². The molecule has 3 atom stereocenters. The van der Waals surface area contributed by atoms with Crippen LogP contribution in [0.4, 0.5) is 21.0 Å². The number of ether oxygens (including phenoxy) is 2. The molecule has 2 saturated heterocycles. The second-order valence-electron chi connectivity index (χ2n) is 19.3. The van der Waals surface area contributed by atoms with Crippen LogP contribution in [-0.4, -0.2) is 157 Å². The number of rotatable bonds is 26. The van der Waals surface area contributed by atoms with Gasteiger partial charge in [0.1, 0.15) is 37.9 Å². The molecule has 0 saturated carbocycles. The molecule has 452 valence electrons. The van der Waals surface area contributed by atoms with Gasteiger partial charge in [-0.3, -0.25) is 63.6 Å². The number of amides is 10. The lowest BCUT2D eigenvalue weighted by molar-refractivity contribution is -0.144. The number of carboxylic acids is 2. The number of hydrogen-bond donors (Lipinski definition) is 7. The fraction of sp³-hybridized carbons (Fsp3) is 0.310. The number of aliphatic carboxylic acids is 2. The molecule has 0 spiro atoms. The Balaban J connectivity index is 0.000000246. The highest BCUT2D eigenvalue weighted by atomic mass is 33.1. The molecule has 0 aromatic heterocycles. The monoisotopic (exact) mass is 1250 g/mol. The van der Waals surface area contributed by atoms with Crippen LogP contribution in [0, 0.1) is 0 Å². The lowest BCUT2D eigenvalue weighted by Crippen LogP contribution is -2.51. The van der Waals surface area contributed by atoms with Crippen molar-refractivity contribution in [1.82, 2.24) is 30.7 Å². The number of nitrogens with one attached hydrogen (secondary N) is 5. The number of benzene rings is 4. The molecule has 0 radical (unpaired) electrons. The third-order valence-corrected chi connectivity index (χ3v) is 18.0. The van der Waals surface area contributed by atoms with Crippen molar-refractivity contribution in [2.75, 3.05) is 53.4 Å². The van der Waals surface area contributed by atoms with E-state index >= 15 is 0 Å². The number of allylic oxidation sites excluding steroid dienone is 2. The summed E-state index contributed by atoms with van der Waals surface area (Å²) < 4.78 is 10.4. The Hall–Kier alpha value is -8.60. The number of carbonyl (C=O) groups excluding carboxylic acids is 10. The van der Waals surface area contributed by atoms with Crippen molar-refractivity contribution in [2.45, 2.75) is 69.6 Å². The van der Waals surface area contributed by atoms with Gasteiger partial charge in [0.05, 0.1) is 33.6 Å². The van der Waals surface area contributed by atoms with Gasteiger partial charge in [-0.25, -0.2) is 14.4 Å². The number of piperidine rings is 2. The van der Waals surface area contributed by atoms with Gasteiger partial charge < -0.3 is 40.5 Å². The quantitative estimate of drug-likeness (QED) is 0.0195. The minimum atomic E-state index is -1.10. The summed E-state index contributed by atoms with van der Waals surface area (Å²) in [7, 11) is 5.53. The molecule has 4 aliphatic rings. The van der Waals surface area contributed by atoms with E-state index in [4.69, 9.17) is 9.47 Å². The van der Waals surface area contributed by atoms with Crippen molar-refractivity contribution in [3.8, 4) is 0 Å². The van der Waals surface area contributed by atoms with E-state index in [2.05, 4.69) is 39.7 Å². The molecule has 4 aliphatic heterocycles. The first-order valence-electron chi connectivity index (χ1n) is 26.8. The molecule has 0 aliphatic carbocycles. The van der Waals surface area contributed by atoms with E-state index in [1.54, 1.807) is 24.3 Å². The third kappa shape index (κ3) is 17.7. The SMILES string of the molecule is C=C1CCC(N2C(=O)c3cccc(NC(=O)OCCSSCCC(=O)N(CC(=O)O)Cc4ccccc4)c3C2=O)C(=O)N1.C=C1CCC(N2C(=O)c3cccc(NC(=O)OCCSSCCC(=O)NC(Cc4ccccc4)C(=O)O)c3C2=O)C(=O)N1. The van der Waals surface area contributed by atoms with E-state index in [-0.39, 0.29) is 104 Å². The molecular formula is C58H60N8O16S4. The van der Waals surface area contributed by atoms with Crippen LogP contribution in [-0.2, 0) is 51.2 Å². The Bertz CT molecular complexity index is 3300. The maximum absolute atomic E-state index is 13.2. The van der Waals surface area contributed by atoms with Gasteiger partial charge >= 0.3 is 24.1 Å². The van der Waals surface area contributed by atoms with Crippen LogP contribution in [0.3, 0.4) is 0 Å². The summed E-state index contributed by atoms with van der Waals surface area (Å²) in [5, 5.41) is 31.3. The summed E-state index contributed by atoms with van der Waals surface area (Å²) in [4.78, 5) is 153. The standard InChI is InChI=1S/2C29H30N4O8S2/c1-18-10-11-22(26(37)30-18)33-27(38)20-8-5-9-21(25(20)28(33)39)31-29(40)41-13-15-43-42-14-12-23(34)32(17-24(35)36)16-19-6-3-2-4-7-19;1-17-10-11-22(25(35)30-17)33-26(36)19-8-5-9-20(24(19)27(33)37)32-29(40)41-13-15-43-42-14-12-23(34)31-21(28(38)39)16-18-6-3-2-4-7-18/h2-9,22H,1,10-17H2,(H,30,37)(H,31,40)(H,35,36);2-9,21-22H,1,10-16H2,(H,30,35)(H,31,34)(H,32,40)(H,38,39). The fourth-order valence-corrected chi connectivity index (χ4v) is 12.8. The number of carbonyl (C=O) groups is 12. The first-order valence-corrected chi connectivity index (χ1v) is 31.7. The number of nitrogens with zero attached hydrogens (tertiary/aromatic N) is 3. The van der Waals surface area contributed by atoms with Crippen LogP contribution in [0.1, 0.15) is 91.1 Å². The van der Waals surface area contributed by atoms with Crippen molar-refractivity contribution >= 4 is 126 Å². The second-order valence-corrected chi connectivity index (χ2v) is 24.7. The van der Waals surface area contributed by atoms with E-state index in [9.17, 15) is 67.7 Å². The van der Waals surface area contributed by atoms with Gasteiger partial charge in [0.25, 0.3) is 23.6 Å². The van der Waals surface area contributed by atoms with E-state index in [0.29, 0.717) is 47.2 Å². The lowest BCUT2D eigenvalue weighted by atomic mass is 10.0. The van der Waals surface area contributed by atoms with Crippen LogP contribution in [0.5, 0.6) is 0 Å². The van der Waals surface area contributed by atoms with E-state index in [0.717, 1.165) is 20.9 Å². The van der Waals surface area contributed by atoms with Crippen LogP contribution in [0.15, 0.2) is 122 Å².